The van der Waals surface area contributed by atoms with Gasteiger partial charge in [-0.05, 0) is 29.8 Å². The van der Waals surface area contributed by atoms with Crippen molar-refractivity contribution in [2.24, 2.45) is 5.73 Å². The maximum absolute atomic E-state index is 13.3. The summed E-state index contributed by atoms with van der Waals surface area (Å²) in [4.78, 5) is 15.9. The molecule has 27 heavy (non-hydrogen) atoms. The molecule has 0 aliphatic rings. The van der Waals surface area contributed by atoms with E-state index in [9.17, 15) is 9.18 Å². The fourth-order valence-corrected chi connectivity index (χ4v) is 2.73. The number of hydrogen-bond donors (Lipinski definition) is 2. The topological polar surface area (TPSA) is 112 Å². The van der Waals surface area contributed by atoms with Crippen LogP contribution in [-0.2, 0) is 6.54 Å². The number of carbonyl (C=O) groups is 1. The Balaban J connectivity index is 1.64. The van der Waals surface area contributed by atoms with Crippen molar-refractivity contribution in [3.8, 4) is 5.95 Å². The van der Waals surface area contributed by atoms with Gasteiger partial charge < -0.3 is 11.1 Å². The van der Waals surface area contributed by atoms with Crippen LogP contribution >= 0.6 is 0 Å². The minimum Gasteiger partial charge on any atom is -0.366 e. The second kappa shape index (κ2) is 6.79. The molecule has 3 N–H and O–H groups in total. The minimum atomic E-state index is -0.537. The van der Waals surface area contributed by atoms with E-state index in [2.05, 4.69) is 25.6 Å². The number of fused-ring (bicyclic) bond motifs is 1. The molecule has 2 aromatic heterocycles. The molecule has 0 saturated carbocycles. The summed E-state index contributed by atoms with van der Waals surface area (Å²) >= 11 is 0. The van der Waals surface area contributed by atoms with E-state index in [0.717, 1.165) is 5.56 Å². The summed E-state index contributed by atoms with van der Waals surface area (Å²) in [5.74, 6) is -0.149. The van der Waals surface area contributed by atoms with Crippen molar-refractivity contribution in [1.82, 2.24) is 25.0 Å². The highest BCUT2D eigenvalue weighted by Gasteiger charge is 2.13. The molecule has 4 rings (SSSR count). The highest BCUT2D eigenvalue weighted by atomic mass is 19.1. The Morgan fingerprint density at radius 1 is 1.19 bits per heavy atom. The SMILES string of the molecule is NC(=O)c1cccc2c1cnn2-c1nncc(NCc2cccc(F)c2)n1. The number of nitrogens with one attached hydrogen (secondary N) is 1. The van der Waals surface area contributed by atoms with Crippen molar-refractivity contribution >= 4 is 22.6 Å². The van der Waals surface area contributed by atoms with E-state index >= 15 is 0 Å². The lowest BCUT2D eigenvalue weighted by atomic mass is 10.1. The lowest BCUT2D eigenvalue weighted by Crippen LogP contribution is -2.11. The van der Waals surface area contributed by atoms with E-state index in [0.29, 0.717) is 28.8 Å². The first kappa shape index (κ1) is 16.6. The van der Waals surface area contributed by atoms with Crippen molar-refractivity contribution < 1.29 is 9.18 Å². The van der Waals surface area contributed by atoms with Crippen molar-refractivity contribution in [2.75, 3.05) is 5.32 Å². The molecule has 4 aromatic rings. The number of nitrogens with zero attached hydrogens (tertiary/aromatic N) is 5. The Morgan fingerprint density at radius 2 is 2.04 bits per heavy atom. The molecule has 8 nitrogen and oxygen atoms in total. The molecule has 0 bridgehead atoms. The minimum absolute atomic E-state index is 0.232. The number of amides is 1. The molecule has 2 aromatic carbocycles. The molecule has 0 atom stereocenters. The molecule has 0 aliphatic carbocycles. The first-order valence-corrected chi connectivity index (χ1v) is 8.07. The first-order chi connectivity index (χ1) is 13.1. The van der Waals surface area contributed by atoms with Gasteiger partial charge in [-0.15, -0.1) is 5.10 Å². The molecule has 134 valence electrons. The number of carbonyl (C=O) groups excluding carboxylic acids is 1. The highest BCUT2D eigenvalue weighted by Crippen LogP contribution is 2.20. The molecule has 1 amide bonds. The number of aromatic nitrogens is 5. The lowest BCUT2D eigenvalue weighted by Gasteiger charge is -2.07. The van der Waals surface area contributed by atoms with Crippen molar-refractivity contribution in [3.05, 3.63) is 71.8 Å². The second-order valence-corrected chi connectivity index (χ2v) is 5.78. The number of benzene rings is 2. The Hall–Kier alpha value is -3.88. The van der Waals surface area contributed by atoms with Crippen LogP contribution in [0.5, 0.6) is 0 Å². The fraction of sp³-hybridized carbons (Fsp3) is 0.0556. The van der Waals surface area contributed by atoms with E-state index in [1.165, 1.54) is 29.2 Å². The van der Waals surface area contributed by atoms with E-state index in [4.69, 9.17) is 5.73 Å². The highest BCUT2D eigenvalue weighted by molar-refractivity contribution is 6.05. The molecular formula is C18H14FN7O. The summed E-state index contributed by atoms with van der Waals surface area (Å²) in [6, 6.07) is 11.4. The zero-order valence-corrected chi connectivity index (χ0v) is 14.0. The standard InChI is InChI=1S/C18H14FN7O/c19-12-4-1-3-11(7-12)8-21-16-10-22-25-18(24-16)26-15-6-2-5-13(17(20)27)14(15)9-23-26/h1-7,9-10H,8H2,(H2,20,27)(H,21,24,25). The van der Waals surface area contributed by atoms with Gasteiger partial charge in [-0.25, -0.2) is 4.39 Å². The van der Waals surface area contributed by atoms with Crippen molar-refractivity contribution in [3.63, 3.8) is 0 Å². The van der Waals surface area contributed by atoms with Crippen LogP contribution in [0, 0.1) is 5.82 Å². The normalized spacial score (nSPS) is 10.9. The van der Waals surface area contributed by atoms with Gasteiger partial charge in [0.2, 0.25) is 5.91 Å². The van der Waals surface area contributed by atoms with Crippen LogP contribution < -0.4 is 11.1 Å². The van der Waals surface area contributed by atoms with Crippen LogP contribution in [0.3, 0.4) is 0 Å². The van der Waals surface area contributed by atoms with Crippen LogP contribution in [0.2, 0.25) is 0 Å². The Bertz CT molecular complexity index is 1140. The predicted molar refractivity (Wildman–Crippen MR) is 96.7 cm³/mol. The third kappa shape index (κ3) is 3.30. The van der Waals surface area contributed by atoms with Gasteiger partial charge in [0, 0.05) is 11.9 Å². The maximum atomic E-state index is 13.3. The van der Waals surface area contributed by atoms with Gasteiger partial charge in [0.15, 0.2) is 5.82 Å². The number of halogens is 1. The van der Waals surface area contributed by atoms with Crippen molar-refractivity contribution in [1.29, 1.82) is 0 Å². The molecular weight excluding hydrogens is 349 g/mol. The number of primary amides is 1. The van der Waals surface area contributed by atoms with Gasteiger partial charge in [-0.1, -0.05) is 18.2 Å². The Morgan fingerprint density at radius 3 is 2.85 bits per heavy atom. The summed E-state index contributed by atoms with van der Waals surface area (Å²) in [6.07, 6.45) is 3.00. The zero-order chi connectivity index (χ0) is 18.8. The third-order valence-corrected chi connectivity index (χ3v) is 3.98. The van der Waals surface area contributed by atoms with Crippen LogP contribution in [0.15, 0.2) is 54.9 Å². The summed E-state index contributed by atoms with van der Waals surface area (Å²) in [7, 11) is 0. The number of rotatable bonds is 5. The van der Waals surface area contributed by atoms with E-state index in [1.54, 1.807) is 30.3 Å². The van der Waals surface area contributed by atoms with Crippen LogP contribution in [-0.4, -0.2) is 30.9 Å². The molecule has 0 fully saturated rings. The van der Waals surface area contributed by atoms with Gasteiger partial charge >= 0.3 is 0 Å². The number of anilines is 1. The molecule has 9 heteroatoms. The van der Waals surface area contributed by atoms with Gasteiger partial charge in [-0.3, -0.25) is 4.79 Å². The van der Waals surface area contributed by atoms with Gasteiger partial charge in [-0.2, -0.15) is 19.9 Å². The molecule has 2 heterocycles. The smallest absolute Gasteiger partial charge is 0.272 e. The largest absolute Gasteiger partial charge is 0.366 e. The Labute approximate surface area is 152 Å². The van der Waals surface area contributed by atoms with Gasteiger partial charge in [0.25, 0.3) is 5.95 Å². The molecule has 0 saturated heterocycles. The molecule has 0 radical (unpaired) electrons. The van der Waals surface area contributed by atoms with Crippen molar-refractivity contribution in [2.45, 2.75) is 6.54 Å². The number of nitrogens with two attached hydrogens (primary N) is 1. The van der Waals surface area contributed by atoms with Crippen LogP contribution in [0.25, 0.3) is 16.9 Å². The fourth-order valence-electron chi connectivity index (χ4n) is 2.73. The molecule has 0 aliphatic heterocycles. The summed E-state index contributed by atoms with van der Waals surface area (Å²) in [5.41, 5.74) is 7.17. The van der Waals surface area contributed by atoms with Gasteiger partial charge in [0.1, 0.15) is 5.82 Å². The average Bonchev–Trinajstić information content (AvgIpc) is 3.11. The summed E-state index contributed by atoms with van der Waals surface area (Å²) in [5, 5.41) is 15.9. The molecule has 0 unspecified atom stereocenters. The number of hydrogen-bond acceptors (Lipinski definition) is 6. The van der Waals surface area contributed by atoms with Crippen LogP contribution in [0.4, 0.5) is 10.2 Å². The zero-order valence-electron chi connectivity index (χ0n) is 14.0. The van der Waals surface area contributed by atoms with Crippen LogP contribution in [0.1, 0.15) is 15.9 Å². The van der Waals surface area contributed by atoms with Gasteiger partial charge in [0.05, 0.1) is 23.5 Å². The maximum Gasteiger partial charge on any atom is 0.272 e. The predicted octanol–water partition coefficient (Wildman–Crippen LogP) is 2.06. The van der Waals surface area contributed by atoms with E-state index in [1.807, 2.05) is 0 Å². The monoisotopic (exact) mass is 363 g/mol. The average molecular weight is 363 g/mol. The Kier molecular flexibility index (Phi) is 4.17. The summed E-state index contributed by atoms with van der Waals surface area (Å²) in [6.45, 7) is 0.377. The van der Waals surface area contributed by atoms with E-state index < -0.39 is 5.91 Å². The second-order valence-electron chi connectivity index (χ2n) is 5.78. The quantitative estimate of drug-likeness (QED) is 0.561. The molecule has 0 spiro atoms. The first-order valence-electron chi connectivity index (χ1n) is 8.07. The third-order valence-electron chi connectivity index (χ3n) is 3.98. The lowest BCUT2D eigenvalue weighted by molar-refractivity contribution is 0.100. The van der Waals surface area contributed by atoms with E-state index in [-0.39, 0.29) is 11.8 Å². The summed E-state index contributed by atoms with van der Waals surface area (Å²) < 4.78 is 14.7.